The van der Waals surface area contributed by atoms with Crippen molar-refractivity contribution in [3.8, 4) is 5.75 Å². The molecule has 142 valence electrons. The minimum absolute atomic E-state index is 0.0614. The molecular formula is C20H18F3NO3. The number of alkyl halides is 3. The second-order valence-corrected chi connectivity index (χ2v) is 6.50. The zero-order valence-electron chi connectivity index (χ0n) is 14.7. The van der Waals surface area contributed by atoms with Crippen LogP contribution in [0.4, 0.5) is 13.2 Å². The van der Waals surface area contributed by atoms with Crippen molar-refractivity contribution in [2.75, 3.05) is 0 Å². The van der Waals surface area contributed by atoms with Gasteiger partial charge in [-0.15, -0.1) is 0 Å². The molecule has 2 N–H and O–H groups in total. The van der Waals surface area contributed by atoms with Gasteiger partial charge in [-0.05, 0) is 11.6 Å². The van der Waals surface area contributed by atoms with Crippen molar-refractivity contribution in [1.82, 2.24) is 5.32 Å². The molecule has 1 atom stereocenters. The number of fused-ring (bicyclic) bond motifs is 1. The Morgan fingerprint density at radius 3 is 2.26 bits per heavy atom. The van der Waals surface area contributed by atoms with Crippen LogP contribution in [0.3, 0.4) is 0 Å². The van der Waals surface area contributed by atoms with Crippen LogP contribution in [0.15, 0.2) is 60.3 Å². The van der Waals surface area contributed by atoms with Gasteiger partial charge in [0.15, 0.2) is 0 Å². The third kappa shape index (κ3) is 3.30. The normalized spacial score (nSPS) is 19.5. The number of hydrogen-bond donors (Lipinski definition) is 2. The van der Waals surface area contributed by atoms with E-state index < -0.39 is 29.5 Å². The van der Waals surface area contributed by atoms with Crippen molar-refractivity contribution in [3.63, 3.8) is 0 Å². The van der Waals surface area contributed by atoms with E-state index in [2.05, 4.69) is 5.32 Å². The number of carbonyl (C=O) groups is 1. The lowest BCUT2D eigenvalue weighted by Gasteiger charge is -2.38. The first-order chi connectivity index (χ1) is 12.6. The van der Waals surface area contributed by atoms with Crippen molar-refractivity contribution in [2.45, 2.75) is 25.8 Å². The smallest absolute Gasteiger partial charge is 0.448 e. The standard InChI is InChI=1S/C20H18F3NO3/c1-12(2)18(25)24-17-16(13-8-4-3-5-9-13)14-10-6-7-11-15(14)27-19(17,26)20(21,22)23/h3-12,26H,1-2H3,(H,24,25). The Morgan fingerprint density at radius 1 is 1.07 bits per heavy atom. The maximum absolute atomic E-state index is 13.8. The van der Waals surface area contributed by atoms with E-state index in [-0.39, 0.29) is 11.3 Å². The first-order valence-electron chi connectivity index (χ1n) is 8.33. The second-order valence-electron chi connectivity index (χ2n) is 6.50. The first kappa shape index (κ1) is 19.0. The van der Waals surface area contributed by atoms with Crippen LogP contribution in [0.25, 0.3) is 5.57 Å². The number of rotatable bonds is 3. The van der Waals surface area contributed by atoms with Crippen LogP contribution >= 0.6 is 0 Å². The Balaban J connectivity index is 2.35. The van der Waals surface area contributed by atoms with E-state index in [9.17, 15) is 23.1 Å². The molecule has 3 rings (SSSR count). The summed E-state index contributed by atoms with van der Waals surface area (Å²) >= 11 is 0. The molecule has 27 heavy (non-hydrogen) atoms. The summed E-state index contributed by atoms with van der Waals surface area (Å²) in [5, 5.41) is 12.8. The van der Waals surface area contributed by atoms with Gasteiger partial charge in [0.2, 0.25) is 5.91 Å². The summed E-state index contributed by atoms with van der Waals surface area (Å²) in [4.78, 5) is 12.2. The fourth-order valence-electron chi connectivity index (χ4n) is 2.80. The molecule has 1 aliphatic rings. The van der Waals surface area contributed by atoms with E-state index in [1.54, 1.807) is 56.3 Å². The van der Waals surface area contributed by atoms with E-state index in [1.807, 2.05) is 0 Å². The van der Waals surface area contributed by atoms with Gasteiger partial charge in [-0.2, -0.15) is 13.2 Å². The summed E-state index contributed by atoms with van der Waals surface area (Å²) < 4.78 is 46.5. The quantitative estimate of drug-likeness (QED) is 0.854. The summed E-state index contributed by atoms with van der Waals surface area (Å²) in [5.41, 5.74) is 0.0801. The molecule has 0 spiro atoms. The molecule has 0 fully saturated rings. The second kappa shape index (κ2) is 6.74. The predicted octanol–water partition coefficient (Wildman–Crippen LogP) is 3.86. The number of halogens is 3. The Kier molecular flexibility index (Phi) is 4.73. The van der Waals surface area contributed by atoms with Crippen LogP contribution in [0.2, 0.25) is 0 Å². The number of para-hydroxylation sites is 1. The fraction of sp³-hybridized carbons (Fsp3) is 0.250. The van der Waals surface area contributed by atoms with E-state index in [0.717, 1.165) is 0 Å². The third-order valence-electron chi connectivity index (χ3n) is 4.22. The number of benzene rings is 2. The molecule has 4 nitrogen and oxygen atoms in total. The topological polar surface area (TPSA) is 58.6 Å². The molecule has 0 radical (unpaired) electrons. The molecule has 7 heteroatoms. The Bertz CT molecular complexity index is 891. The molecule has 2 aromatic carbocycles. The Labute approximate surface area is 154 Å². The molecule has 2 aromatic rings. The predicted molar refractivity (Wildman–Crippen MR) is 93.5 cm³/mol. The van der Waals surface area contributed by atoms with Gasteiger partial charge in [-0.1, -0.05) is 62.4 Å². The number of ether oxygens (including phenoxy) is 1. The number of aliphatic hydroxyl groups is 1. The molecule has 1 amide bonds. The van der Waals surface area contributed by atoms with Crippen LogP contribution in [-0.4, -0.2) is 23.0 Å². The van der Waals surface area contributed by atoms with Crippen LogP contribution < -0.4 is 10.1 Å². The van der Waals surface area contributed by atoms with E-state index in [4.69, 9.17) is 4.74 Å². The molecule has 0 saturated carbocycles. The van der Waals surface area contributed by atoms with Gasteiger partial charge < -0.3 is 15.2 Å². The van der Waals surface area contributed by atoms with Gasteiger partial charge in [0, 0.05) is 17.1 Å². The van der Waals surface area contributed by atoms with E-state index in [1.165, 1.54) is 12.1 Å². The average molecular weight is 377 g/mol. The molecular weight excluding hydrogens is 359 g/mol. The summed E-state index contributed by atoms with van der Waals surface area (Å²) in [6.45, 7) is 3.09. The van der Waals surface area contributed by atoms with Gasteiger partial charge in [-0.25, -0.2) is 0 Å². The molecule has 0 aromatic heterocycles. The van der Waals surface area contributed by atoms with Crippen LogP contribution in [0.1, 0.15) is 25.0 Å². The number of amides is 1. The van der Waals surface area contributed by atoms with Gasteiger partial charge >= 0.3 is 12.0 Å². The van der Waals surface area contributed by atoms with Gasteiger partial charge in [0.05, 0.1) is 0 Å². The van der Waals surface area contributed by atoms with Crippen molar-refractivity contribution in [3.05, 3.63) is 71.4 Å². The molecule has 0 aliphatic carbocycles. The maximum Gasteiger partial charge on any atom is 0.462 e. The number of carbonyl (C=O) groups excluding carboxylic acids is 1. The molecule has 1 heterocycles. The highest BCUT2D eigenvalue weighted by Gasteiger charge is 2.63. The first-order valence-corrected chi connectivity index (χ1v) is 8.33. The van der Waals surface area contributed by atoms with Crippen LogP contribution in [0, 0.1) is 5.92 Å². The van der Waals surface area contributed by atoms with Crippen molar-refractivity contribution in [1.29, 1.82) is 0 Å². The minimum atomic E-state index is -5.18. The van der Waals surface area contributed by atoms with Crippen molar-refractivity contribution in [2.24, 2.45) is 5.92 Å². The highest BCUT2D eigenvalue weighted by Crippen LogP contribution is 2.47. The van der Waals surface area contributed by atoms with Gasteiger partial charge in [-0.3, -0.25) is 4.79 Å². The summed E-state index contributed by atoms with van der Waals surface area (Å²) in [7, 11) is 0. The van der Waals surface area contributed by atoms with Gasteiger partial charge in [0.1, 0.15) is 11.4 Å². The molecule has 1 unspecified atom stereocenters. The number of nitrogens with one attached hydrogen (secondary N) is 1. The highest BCUT2D eigenvalue weighted by molar-refractivity contribution is 5.91. The van der Waals surface area contributed by atoms with Crippen molar-refractivity contribution < 1.29 is 27.8 Å². The van der Waals surface area contributed by atoms with Gasteiger partial charge in [0.25, 0.3) is 0 Å². The summed E-state index contributed by atoms with van der Waals surface area (Å²) in [6.07, 6.45) is -5.18. The third-order valence-corrected chi connectivity index (χ3v) is 4.22. The number of hydrogen-bond acceptors (Lipinski definition) is 3. The largest absolute Gasteiger partial charge is 0.462 e. The lowest BCUT2D eigenvalue weighted by molar-refractivity contribution is -0.318. The molecule has 0 saturated heterocycles. The SMILES string of the molecule is CC(C)C(=O)NC1=C(c2ccccc2)c2ccccc2OC1(O)C(F)(F)F. The monoisotopic (exact) mass is 377 g/mol. The Hall–Kier alpha value is -2.80. The summed E-state index contributed by atoms with van der Waals surface area (Å²) in [5.74, 6) is -5.07. The maximum atomic E-state index is 13.8. The zero-order chi connectivity index (χ0) is 19.8. The minimum Gasteiger partial charge on any atom is -0.448 e. The lowest BCUT2D eigenvalue weighted by Crippen LogP contribution is -2.58. The Morgan fingerprint density at radius 2 is 1.67 bits per heavy atom. The fourth-order valence-corrected chi connectivity index (χ4v) is 2.80. The van der Waals surface area contributed by atoms with Crippen molar-refractivity contribution >= 4 is 11.5 Å². The lowest BCUT2D eigenvalue weighted by atomic mass is 9.89. The summed E-state index contributed by atoms with van der Waals surface area (Å²) in [6, 6.07) is 14.3. The van der Waals surface area contributed by atoms with E-state index in [0.29, 0.717) is 11.1 Å². The van der Waals surface area contributed by atoms with Crippen LogP contribution in [-0.2, 0) is 4.79 Å². The highest BCUT2D eigenvalue weighted by atomic mass is 19.4. The average Bonchev–Trinajstić information content (AvgIpc) is 2.62. The van der Waals surface area contributed by atoms with E-state index >= 15 is 0 Å². The zero-order valence-corrected chi connectivity index (χ0v) is 14.7. The molecule has 1 aliphatic heterocycles. The van der Waals surface area contributed by atoms with Crippen LogP contribution in [0.5, 0.6) is 5.75 Å². The molecule has 0 bridgehead atoms.